The molecule has 0 atom stereocenters. The van der Waals surface area contributed by atoms with Crippen molar-refractivity contribution in [3.8, 4) is 0 Å². The average Bonchev–Trinajstić information content (AvgIpc) is 2.11. The van der Waals surface area contributed by atoms with E-state index in [1.807, 2.05) is 13.8 Å². The molecule has 6 heteroatoms. The van der Waals surface area contributed by atoms with Gasteiger partial charge >= 0.3 is 5.69 Å². The van der Waals surface area contributed by atoms with Gasteiger partial charge < -0.3 is 5.32 Å². The molecule has 106 valence electrons. The molecular weight excluding hydrogens is 266 g/mol. The Morgan fingerprint density at radius 1 is 1.32 bits per heavy atom. The van der Waals surface area contributed by atoms with Crippen LogP contribution in [0.3, 0.4) is 0 Å². The molecule has 0 radical (unpaired) electrons. The Hall–Kier alpha value is -1.36. The topological polar surface area (TPSA) is 68.1 Å². The normalized spacial score (nSPS) is 12.3. The number of nitrogens with zero attached hydrogens (tertiary/aromatic N) is 2. The van der Waals surface area contributed by atoms with Crippen LogP contribution in [0.25, 0.3) is 0 Å². The molecule has 0 saturated carbocycles. The number of nitrogens with one attached hydrogen (secondary N) is 1. The van der Waals surface area contributed by atoms with Crippen LogP contribution in [0.2, 0.25) is 5.15 Å². The van der Waals surface area contributed by atoms with Gasteiger partial charge in [0, 0.05) is 11.6 Å². The fourth-order valence-electron chi connectivity index (χ4n) is 2.36. The van der Waals surface area contributed by atoms with Crippen LogP contribution in [0.1, 0.15) is 41.0 Å². The van der Waals surface area contributed by atoms with Crippen molar-refractivity contribution in [2.24, 2.45) is 5.41 Å². The Kier molecular flexibility index (Phi) is 4.40. The fourth-order valence-corrected chi connectivity index (χ4v) is 2.51. The van der Waals surface area contributed by atoms with Crippen molar-refractivity contribution in [1.82, 2.24) is 4.98 Å². The van der Waals surface area contributed by atoms with E-state index in [1.165, 1.54) is 12.1 Å². The zero-order valence-corrected chi connectivity index (χ0v) is 12.7. The smallest absolute Gasteiger partial charge is 0.311 e. The molecule has 0 aromatic carbocycles. The van der Waals surface area contributed by atoms with Gasteiger partial charge in [-0.2, -0.15) is 0 Å². The third kappa shape index (κ3) is 5.03. The number of aromatic nitrogens is 1. The number of hydrogen-bond donors (Lipinski definition) is 1. The largest absolute Gasteiger partial charge is 0.359 e. The molecule has 1 N–H and O–H groups in total. The van der Waals surface area contributed by atoms with Crippen molar-refractivity contribution in [3.05, 3.63) is 27.4 Å². The van der Waals surface area contributed by atoms with Gasteiger partial charge in [-0.15, -0.1) is 0 Å². The van der Waals surface area contributed by atoms with E-state index in [-0.39, 0.29) is 27.6 Å². The summed E-state index contributed by atoms with van der Waals surface area (Å²) in [6.45, 7) is 10.3. The predicted octanol–water partition coefficient (Wildman–Crippen LogP) is 4.27. The molecule has 0 amide bonds. The minimum Gasteiger partial charge on any atom is -0.359 e. The van der Waals surface area contributed by atoms with E-state index in [9.17, 15) is 10.1 Å². The van der Waals surface area contributed by atoms with Gasteiger partial charge in [0.15, 0.2) is 0 Å². The average molecular weight is 286 g/mol. The highest BCUT2D eigenvalue weighted by Crippen LogP contribution is 2.32. The van der Waals surface area contributed by atoms with Crippen LogP contribution < -0.4 is 5.32 Å². The van der Waals surface area contributed by atoms with Gasteiger partial charge in [-0.1, -0.05) is 32.4 Å². The molecule has 1 heterocycles. The van der Waals surface area contributed by atoms with Crippen molar-refractivity contribution in [1.29, 1.82) is 0 Å². The predicted molar refractivity (Wildman–Crippen MR) is 77.7 cm³/mol. The molecule has 0 aliphatic heterocycles. The maximum Gasteiger partial charge on any atom is 0.311 e. The van der Waals surface area contributed by atoms with E-state index >= 15 is 0 Å². The molecule has 0 unspecified atom stereocenters. The first-order valence-electron chi connectivity index (χ1n) is 6.09. The van der Waals surface area contributed by atoms with E-state index in [4.69, 9.17) is 11.6 Å². The highest BCUT2D eigenvalue weighted by Gasteiger charge is 2.28. The maximum atomic E-state index is 11.0. The first-order valence-corrected chi connectivity index (χ1v) is 6.47. The molecule has 1 aromatic heterocycles. The van der Waals surface area contributed by atoms with Crippen LogP contribution in [-0.2, 0) is 0 Å². The van der Waals surface area contributed by atoms with Crippen molar-refractivity contribution in [2.45, 2.75) is 46.6 Å². The van der Waals surface area contributed by atoms with Gasteiger partial charge in [0.25, 0.3) is 0 Å². The second kappa shape index (κ2) is 5.33. The summed E-state index contributed by atoms with van der Waals surface area (Å²) in [7, 11) is 0. The Balaban J connectivity index is 3.04. The van der Waals surface area contributed by atoms with Crippen LogP contribution in [0.4, 0.5) is 11.5 Å². The van der Waals surface area contributed by atoms with Crippen LogP contribution in [0.5, 0.6) is 0 Å². The molecule has 19 heavy (non-hydrogen) atoms. The number of pyridine rings is 1. The molecule has 5 nitrogen and oxygen atoms in total. The number of nitro groups is 1. The van der Waals surface area contributed by atoms with Crippen molar-refractivity contribution in [3.63, 3.8) is 0 Å². The first-order chi connectivity index (χ1) is 8.50. The summed E-state index contributed by atoms with van der Waals surface area (Å²) in [5.41, 5.74) is -0.281. The summed E-state index contributed by atoms with van der Waals surface area (Å²) in [5.74, 6) is 0.215. The third-order valence-electron chi connectivity index (χ3n) is 2.47. The summed E-state index contributed by atoms with van der Waals surface area (Å²) in [4.78, 5) is 14.5. The van der Waals surface area contributed by atoms with Gasteiger partial charge in [0.2, 0.25) is 5.82 Å². The number of rotatable bonds is 4. The SMILES string of the molecule is CC(C)(C)CC(C)(C)Nc1nc(Cl)ccc1[N+](=O)[O-]. The van der Waals surface area contributed by atoms with E-state index < -0.39 is 4.92 Å². The molecule has 0 spiro atoms. The summed E-state index contributed by atoms with van der Waals surface area (Å²) < 4.78 is 0. The summed E-state index contributed by atoms with van der Waals surface area (Å²) >= 11 is 5.81. The minimum absolute atomic E-state index is 0.0635. The first kappa shape index (κ1) is 15.7. The van der Waals surface area contributed by atoms with E-state index in [0.717, 1.165) is 6.42 Å². The lowest BCUT2D eigenvalue weighted by atomic mass is 9.82. The zero-order valence-electron chi connectivity index (χ0n) is 12.0. The summed E-state index contributed by atoms with van der Waals surface area (Å²) in [6, 6.07) is 2.78. The molecule has 0 saturated heterocycles. The second-order valence-corrected chi connectivity index (χ2v) is 6.89. The third-order valence-corrected chi connectivity index (χ3v) is 2.68. The van der Waals surface area contributed by atoms with Gasteiger partial charge in [0.05, 0.1) is 4.92 Å². The Bertz CT molecular complexity index is 481. The maximum absolute atomic E-state index is 11.0. The summed E-state index contributed by atoms with van der Waals surface area (Å²) in [5, 5.41) is 14.4. The molecule has 0 aliphatic carbocycles. The number of halogens is 1. The molecule has 0 aliphatic rings. The number of anilines is 1. The molecule has 0 bridgehead atoms. The minimum atomic E-state index is -0.459. The molecular formula is C13H20ClN3O2. The standard InChI is InChI=1S/C13H20ClN3O2/c1-12(2,3)8-13(4,5)16-11-9(17(18)19)6-7-10(14)15-11/h6-7H,8H2,1-5H3,(H,15,16). The lowest BCUT2D eigenvalue weighted by Gasteiger charge is -2.33. The number of hydrogen-bond acceptors (Lipinski definition) is 4. The van der Waals surface area contributed by atoms with Gasteiger partial charge in [-0.3, -0.25) is 10.1 Å². The Labute approximate surface area is 118 Å². The van der Waals surface area contributed by atoms with Gasteiger partial charge in [-0.25, -0.2) is 4.98 Å². The van der Waals surface area contributed by atoms with Crippen LogP contribution >= 0.6 is 11.6 Å². The van der Waals surface area contributed by atoms with Gasteiger partial charge in [-0.05, 0) is 31.7 Å². The van der Waals surface area contributed by atoms with Crippen molar-refractivity contribution < 1.29 is 4.92 Å². The van der Waals surface area contributed by atoms with Crippen LogP contribution in [-0.4, -0.2) is 15.4 Å². The van der Waals surface area contributed by atoms with Crippen LogP contribution in [0, 0.1) is 15.5 Å². The quantitative estimate of drug-likeness (QED) is 0.509. The fraction of sp³-hybridized carbons (Fsp3) is 0.615. The Morgan fingerprint density at radius 2 is 1.89 bits per heavy atom. The molecule has 1 aromatic rings. The van der Waals surface area contributed by atoms with E-state index in [2.05, 4.69) is 31.1 Å². The highest BCUT2D eigenvalue weighted by molar-refractivity contribution is 6.29. The Morgan fingerprint density at radius 3 is 2.37 bits per heavy atom. The lowest BCUT2D eigenvalue weighted by Crippen LogP contribution is -2.36. The second-order valence-electron chi connectivity index (χ2n) is 6.51. The molecule has 0 fully saturated rings. The summed E-state index contributed by atoms with van der Waals surface area (Å²) in [6.07, 6.45) is 0.839. The van der Waals surface area contributed by atoms with Crippen molar-refractivity contribution in [2.75, 3.05) is 5.32 Å². The van der Waals surface area contributed by atoms with Gasteiger partial charge in [0.1, 0.15) is 5.15 Å². The van der Waals surface area contributed by atoms with Crippen LogP contribution in [0.15, 0.2) is 12.1 Å². The highest BCUT2D eigenvalue weighted by atomic mass is 35.5. The monoisotopic (exact) mass is 285 g/mol. The zero-order chi connectivity index (χ0) is 14.8. The van der Waals surface area contributed by atoms with Crippen molar-refractivity contribution >= 4 is 23.1 Å². The molecule has 1 rings (SSSR count). The lowest BCUT2D eigenvalue weighted by molar-refractivity contribution is -0.384. The van der Waals surface area contributed by atoms with E-state index in [0.29, 0.717) is 0 Å². The van der Waals surface area contributed by atoms with E-state index in [1.54, 1.807) is 0 Å².